The van der Waals surface area contributed by atoms with Crippen molar-refractivity contribution in [1.82, 2.24) is 14.9 Å². The number of hydrogen-bond acceptors (Lipinski definition) is 6. The van der Waals surface area contributed by atoms with E-state index in [1.807, 2.05) is 54.3 Å². The molecule has 1 aliphatic rings. The van der Waals surface area contributed by atoms with Crippen LogP contribution in [0.3, 0.4) is 0 Å². The van der Waals surface area contributed by atoms with Crippen LogP contribution < -0.4 is 11.5 Å². The SMILES string of the molecule is Cc1ccccc1C(=O)N1CCC(OCc2cccc3nc(N)nc(N)c23)CC1. The first-order chi connectivity index (χ1) is 14.0. The van der Waals surface area contributed by atoms with Crippen LogP contribution >= 0.6 is 0 Å². The molecular formula is C22H25N5O2. The summed E-state index contributed by atoms with van der Waals surface area (Å²) in [7, 11) is 0. The molecule has 4 N–H and O–H groups in total. The first-order valence-electron chi connectivity index (χ1n) is 9.80. The Morgan fingerprint density at radius 1 is 1.10 bits per heavy atom. The number of anilines is 2. The standard InChI is InChI=1S/C22H25N5O2/c1-14-5-2-3-7-17(14)21(28)27-11-9-16(10-12-27)29-13-15-6-4-8-18-19(15)20(23)26-22(24)25-18/h2-8,16H,9-13H2,1H3,(H4,23,24,25,26). The predicted molar refractivity (Wildman–Crippen MR) is 113 cm³/mol. The highest BCUT2D eigenvalue weighted by Crippen LogP contribution is 2.25. The van der Waals surface area contributed by atoms with Gasteiger partial charge in [-0.25, -0.2) is 4.98 Å². The Bertz CT molecular complexity index is 1040. The minimum Gasteiger partial charge on any atom is -0.383 e. The molecule has 0 aliphatic carbocycles. The van der Waals surface area contributed by atoms with Crippen molar-refractivity contribution in [2.75, 3.05) is 24.6 Å². The van der Waals surface area contributed by atoms with Crippen LogP contribution in [0.5, 0.6) is 0 Å². The lowest BCUT2D eigenvalue weighted by Gasteiger charge is -2.32. The van der Waals surface area contributed by atoms with E-state index in [4.69, 9.17) is 16.2 Å². The number of piperidine rings is 1. The highest BCUT2D eigenvalue weighted by molar-refractivity contribution is 5.95. The summed E-state index contributed by atoms with van der Waals surface area (Å²) in [6.45, 7) is 3.77. The normalized spacial score (nSPS) is 15.0. The number of fused-ring (bicyclic) bond motifs is 1. The van der Waals surface area contributed by atoms with Gasteiger partial charge in [0.1, 0.15) is 5.82 Å². The quantitative estimate of drug-likeness (QED) is 0.708. The molecular weight excluding hydrogens is 366 g/mol. The van der Waals surface area contributed by atoms with E-state index in [9.17, 15) is 4.79 Å². The Morgan fingerprint density at radius 3 is 2.62 bits per heavy atom. The number of aryl methyl sites for hydroxylation is 1. The minimum absolute atomic E-state index is 0.0955. The van der Waals surface area contributed by atoms with Crippen molar-refractivity contribution < 1.29 is 9.53 Å². The Balaban J connectivity index is 1.38. The second-order valence-electron chi connectivity index (χ2n) is 7.40. The molecule has 3 aromatic rings. The molecule has 150 valence electrons. The van der Waals surface area contributed by atoms with Gasteiger partial charge >= 0.3 is 0 Å². The van der Waals surface area contributed by atoms with Crippen LogP contribution in [-0.2, 0) is 11.3 Å². The number of aromatic nitrogens is 2. The number of carbonyl (C=O) groups is 1. The molecule has 0 unspecified atom stereocenters. The highest BCUT2D eigenvalue weighted by atomic mass is 16.5. The van der Waals surface area contributed by atoms with E-state index in [1.54, 1.807) is 0 Å². The van der Waals surface area contributed by atoms with Gasteiger partial charge in [-0.15, -0.1) is 0 Å². The van der Waals surface area contributed by atoms with Crippen LogP contribution in [0, 0.1) is 6.92 Å². The molecule has 0 radical (unpaired) electrons. The first kappa shape index (κ1) is 19.1. The average molecular weight is 391 g/mol. The lowest BCUT2D eigenvalue weighted by molar-refractivity contribution is 0.0000251. The van der Waals surface area contributed by atoms with Gasteiger partial charge in [-0.05, 0) is 43.0 Å². The molecule has 1 amide bonds. The molecule has 1 saturated heterocycles. The van der Waals surface area contributed by atoms with Crippen LogP contribution in [0.25, 0.3) is 10.9 Å². The maximum atomic E-state index is 12.8. The maximum absolute atomic E-state index is 12.8. The Kier molecular flexibility index (Phi) is 5.31. The fraction of sp³-hybridized carbons (Fsp3) is 0.318. The van der Waals surface area contributed by atoms with Gasteiger partial charge in [0.15, 0.2) is 0 Å². The Labute approximate surface area is 169 Å². The number of carbonyl (C=O) groups excluding carboxylic acids is 1. The van der Waals surface area contributed by atoms with E-state index in [1.165, 1.54) is 0 Å². The third-order valence-corrected chi connectivity index (χ3v) is 5.43. The number of likely N-dealkylation sites (tertiary alicyclic amines) is 1. The molecule has 29 heavy (non-hydrogen) atoms. The number of nitrogen functional groups attached to an aromatic ring is 2. The fourth-order valence-corrected chi connectivity index (χ4v) is 3.84. The van der Waals surface area contributed by atoms with Crippen molar-refractivity contribution >= 4 is 28.6 Å². The third-order valence-electron chi connectivity index (χ3n) is 5.43. The second-order valence-corrected chi connectivity index (χ2v) is 7.40. The minimum atomic E-state index is 0.0955. The molecule has 0 atom stereocenters. The van der Waals surface area contributed by atoms with Crippen LogP contribution in [0.4, 0.5) is 11.8 Å². The van der Waals surface area contributed by atoms with Crippen molar-refractivity contribution in [3.05, 3.63) is 59.2 Å². The number of hydrogen-bond donors (Lipinski definition) is 2. The second kappa shape index (κ2) is 8.05. The number of benzene rings is 2. The monoisotopic (exact) mass is 391 g/mol. The number of ether oxygens (including phenoxy) is 1. The molecule has 0 saturated carbocycles. The van der Waals surface area contributed by atoms with Crippen molar-refractivity contribution in [3.63, 3.8) is 0 Å². The zero-order chi connectivity index (χ0) is 20.4. The van der Waals surface area contributed by atoms with Gasteiger partial charge in [0, 0.05) is 24.0 Å². The molecule has 7 heteroatoms. The molecule has 0 bridgehead atoms. The smallest absolute Gasteiger partial charge is 0.254 e. The molecule has 7 nitrogen and oxygen atoms in total. The third kappa shape index (κ3) is 4.00. The van der Waals surface area contributed by atoms with Crippen molar-refractivity contribution in [2.24, 2.45) is 0 Å². The summed E-state index contributed by atoms with van der Waals surface area (Å²) in [5, 5.41) is 0.786. The van der Waals surface area contributed by atoms with Gasteiger partial charge in [-0.3, -0.25) is 4.79 Å². The van der Waals surface area contributed by atoms with Crippen molar-refractivity contribution in [3.8, 4) is 0 Å². The molecule has 2 aromatic carbocycles. The predicted octanol–water partition coefficient (Wildman–Crippen LogP) is 2.92. The van der Waals surface area contributed by atoms with Gasteiger partial charge in [-0.1, -0.05) is 30.3 Å². The van der Waals surface area contributed by atoms with Gasteiger partial charge in [-0.2, -0.15) is 4.98 Å². The zero-order valence-corrected chi connectivity index (χ0v) is 16.5. The molecule has 1 aliphatic heterocycles. The summed E-state index contributed by atoms with van der Waals surface area (Å²) >= 11 is 0. The number of nitrogens with zero attached hydrogens (tertiary/aromatic N) is 3. The number of nitrogens with two attached hydrogens (primary N) is 2. The van der Waals surface area contributed by atoms with E-state index in [2.05, 4.69) is 9.97 Å². The van der Waals surface area contributed by atoms with Gasteiger partial charge in [0.05, 0.1) is 18.2 Å². The Hall–Kier alpha value is -3.19. The summed E-state index contributed by atoms with van der Waals surface area (Å²) in [5.41, 5.74) is 15.2. The zero-order valence-electron chi connectivity index (χ0n) is 16.5. The summed E-state index contributed by atoms with van der Waals surface area (Å²) in [5.74, 6) is 0.627. The topological polar surface area (TPSA) is 107 Å². The molecule has 1 fully saturated rings. The number of rotatable bonds is 4. The molecule has 0 spiro atoms. The Morgan fingerprint density at radius 2 is 1.86 bits per heavy atom. The number of amides is 1. The van der Waals surface area contributed by atoms with E-state index >= 15 is 0 Å². The molecule has 2 heterocycles. The van der Waals surface area contributed by atoms with Crippen molar-refractivity contribution in [1.29, 1.82) is 0 Å². The van der Waals surface area contributed by atoms with Crippen LogP contribution in [0.15, 0.2) is 42.5 Å². The van der Waals surface area contributed by atoms with Gasteiger partial charge in [0.25, 0.3) is 5.91 Å². The molecule has 4 rings (SSSR count). The van der Waals surface area contributed by atoms with Gasteiger partial charge in [0.2, 0.25) is 5.95 Å². The summed E-state index contributed by atoms with van der Waals surface area (Å²) in [6, 6.07) is 13.5. The largest absolute Gasteiger partial charge is 0.383 e. The molecule has 1 aromatic heterocycles. The summed E-state index contributed by atoms with van der Waals surface area (Å²) in [4.78, 5) is 23.0. The van der Waals surface area contributed by atoms with Crippen LogP contribution in [-0.4, -0.2) is 40.0 Å². The average Bonchev–Trinajstić information content (AvgIpc) is 2.72. The van der Waals surface area contributed by atoms with E-state index in [0.717, 1.165) is 40.4 Å². The fourth-order valence-electron chi connectivity index (χ4n) is 3.84. The van der Waals surface area contributed by atoms with E-state index in [0.29, 0.717) is 25.5 Å². The van der Waals surface area contributed by atoms with Crippen LogP contribution in [0.1, 0.15) is 34.3 Å². The maximum Gasteiger partial charge on any atom is 0.254 e. The summed E-state index contributed by atoms with van der Waals surface area (Å²) < 4.78 is 6.14. The summed E-state index contributed by atoms with van der Waals surface area (Å²) in [6.07, 6.45) is 1.71. The first-order valence-corrected chi connectivity index (χ1v) is 9.80. The van der Waals surface area contributed by atoms with E-state index in [-0.39, 0.29) is 18.0 Å². The lowest BCUT2D eigenvalue weighted by Crippen LogP contribution is -2.41. The van der Waals surface area contributed by atoms with E-state index < -0.39 is 0 Å². The van der Waals surface area contributed by atoms with Gasteiger partial charge < -0.3 is 21.1 Å². The van der Waals surface area contributed by atoms with Crippen molar-refractivity contribution in [2.45, 2.75) is 32.5 Å². The van der Waals surface area contributed by atoms with Crippen LogP contribution in [0.2, 0.25) is 0 Å². The lowest BCUT2D eigenvalue weighted by atomic mass is 10.0. The highest BCUT2D eigenvalue weighted by Gasteiger charge is 2.25.